The highest BCUT2D eigenvalue weighted by molar-refractivity contribution is 9.10. The maximum absolute atomic E-state index is 12.2. The van der Waals surface area contributed by atoms with Crippen LogP contribution in [0.4, 0.5) is 5.69 Å². The normalized spacial score (nSPS) is 11.2. The first-order valence-corrected chi connectivity index (χ1v) is 12.8. The summed E-state index contributed by atoms with van der Waals surface area (Å²) in [5, 5.41) is 3.52. The Bertz CT molecular complexity index is 910. The average molecular weight is 506 g/mol. The molecule has 5 nitrogen and oxygen atoms in total. The van der Waals surface area contributed by atoms with Gasteiger partial charge in [-0.2, -0.15) is 11.8 Å². The maximum Gasteiger partial charge on any atom is 0.240 e. The van der Waals surface area contributed by atoms with Crippen LogP contribution in [-0.4, -0.2) is 39.4 Å². The van der Waals surface area contributed by atoms with Crippen LogP contribution < -0.4 is 9.62 Å². The van der Waals surface area contributed by atoms with E-state index in [4.69, 9.17) is 11.6 Å². The predicted molar refractivity (Wildman–Crippen MR) is 122 cm³/mol. The van der Waals surface area contributed by atoms with Crippen LogP contribution in [0, 0.1) is 0 Å². The lowest BCUT2D eigenvalue weighted by Gasteiger charge is -2.23. The Morgan fingerprint density at radius 3 is 2.64 bits per heavy atom. The number of halogens is 2. The van der Waals surface area contributed by atoms with E-state index >= 15 is 0 Å². The molecule has 152 valence electrons. The topological polar surface area (TPSA) is 66.5 Å². The monoisotopic (exact) mass is 504 g/mol. The molecular formula is C19H22BrClN2O3S2. The highest BCUT2D eigenvalue weighted by atomic mass is 79.9. The van der Waals surface area contributed by atoms with E-state index in [-0.39, 0.29) is 12.5 Å². The van der Waals surface area contributed by atoms with Gasteiger partial charge in [-0.05, 0) is 57.9 Å². The fourth-order valence-corrected chi connectivity index (χ4v) is 5.05. The van der Waals surface area contributed by atoms with Gasteiger partial charge in [0.25, 0.3) is 0 Å². The van der Waals surface area contributed by atoms with Crippen LogP contribution in [0.2, 0.25) is 5.02 Å². The Kier molecular flexibility index (Phi) is 9.14. The quantitative estimate of drug-likeness (QED) is 0.489. The summed E-state index contributed by atoms with van der Waals surface area (Å²) in [6, 6.07) is 14.7. The van der Waals surface area contributed by atoms with Crippen molar-refractivity contribution in [2.24, 2.45) is 0 Å². The summed E-state index contributed by atoms with van der Waals surface area (Å²) < 4.78 is 25.9. The van der Waals surface area contributed by atoms with Crippen LogP contribution >= 0.6 is 39.3 Å². The molecule has 0 heterocycles. The van der Waals surface area contributed by atoms with Crippen LogP contribution in [0.1, 0.15) is 12.0 Å². The smallest absolute Gasteiger partial charge is 0.240 e. The molecule has 0 saturated heterocycles. The molecule has 0 aliphatic rings. The first-order chi connectivity index (χ1) is 13.3. The number of hydrogen-bond acceptors (Lipinski definition) is 4. The Morgan fingerprint density at radius 1 is 1.21 bits per heavy atom. The van der Waals surface area contributed by atoms with E-state index in [1.165, 1.54) is 5.56 Å². The molecule has 28 heavy (non-hydrogen) atoms. The van der Waals surface area contributed by atoms with E-state index in [2.05, 4.69) is 21.2 Å². The molecule has 0 aromatic heterocycles. The summed E-state index contributed by atoms with van der Waals surface area (Å²) >= 11 is 11.1. The fourth-order valence-electron chi connectivity index (χ4n) is 2.44. The number of thioether (sulfide) groups is 1. The van der Waals surface area contributed by atoms with E-state index in [0.29, 0.717) is 16.7 Å². The number of benzene rings is 2. The summed E-state index contributed by atoms with van der Waals surface area (Å²) in [5.41, 5.74) is 1.61. The zero-order valence-corrected chi connectivity index (χ0v) is 19.4. The van der Waals surface area contributed by atoms with Gasteiger partial charge in [0.2, 0.25) is 15.9 Å². The van der Waals surface area contributed by atoms with Crippen molar-refractivity contribution in [3.8, 4) is 0 Å². The van der Waals surface area contributed by atoms with Crippen LogP contribution in [0.25, 0.3) is 0 Å². The molecule has 0 aliphatic carbocycles. The number of rotatable bonds is 10. The summed E-state index contributed by atoms with van der Waals surface area (Å²) in [7, 11) is -3.58. The number of amides is 1. The second-order valence-electron chi connectivity index (χ2n) is 6.11. The van der Waals surface area contributed by atoms with E-state index < -0.39 is 10.0 Å². The molecular weight excluding hydrogens is 484 g/mol. The first kappa shape index (κ1) is 23.1. The minimum absolute atomic E-state index is 0.253. The summed E-state index contributed by atoms with van der Waals surface area (Å²) in [6.07, 6.45) is 1.89. The highest BCUT2D eigenvalue weighted by Gasteiger charge is 2.22. The number of para-hydroxylation sites is 1. The fraction of sp³-hybridized carbons (Fsp3) is 0.316. The third kappa shape index (κ3) is 7.66. The van der Waals surface area contributed by atoms with Crippen LogP contribution in [0.3, 0.4) is 0 Å². The number of nitrogens with one attached hydrogen (secondary N) is 1. The van der Waals surface area contributed by atoms with Gasteiger partial charge in [0.1, 0.15) is 6.54 Å². The van der Waals surface area contributed by atoms with Gasteiger partial charge in [-0.25, -0.2) is 8.42 Å². The number of sulfonamides is 1. The Balaban J connectivity index is 1.76. The Hall–Kier alpha value is -1.22. The van der Waals surface area contributed by atoms with Crippen molar-refractivity contribution in [1.82, 2.24) is 5.32 Å². The second-order valence-corrected chi connectivity index (χ2v) is 10.4. The maximum atomic E-state index is 12.2. The van der Waals surface area contributed by atoms with Gasteiger partial charge >= 0.3 is 0 Å². The van der Waals surface area contributed by atoms with Gasteiger partial charge in [-0.15, -0.1) is 0 Å². The molecule has 0 radical (unpaired) electrons. The van der Waals surface area contributed by atoms with Crippen LogP contribution in [-0.2, 0) is 20.6 Å². The SMILES string of the molecule is CS(=O)(=O)N(CC(=O)NCCCSCc1cccc(Cl)c1)c1ccccc1Br. The van der Waals surface area contributed by atoms with Crippen molar-refractivity contribution >= 4 is 60.9 Å². The standard InChI is InChI=1S/C19H22BrClN2O3S2/c1-28(25,26)23(18-9-3-2-8-17(18)20)13-19(24)22-10-5-11-27-14-15-6-4-7-16(21)12-15/h2-4,6-9,12H,5,10-11,13-14H2,1H3,(H,22,24). The summed E-state index contributed by atoms with van der Waals surface area (Å²) in [6.45, 7) is 0.242. The Morgan fingerprint density at radius 2 is 1.96 bits per heavy atom. The van der Waals surface area contributed by atoms with Crippen molar-refractivity contribution < 1.29 is 13.2 Å². The van der Waals surface area contributed by atoms with Crippen molar-refractivity contribution in [1.29, 1.82) is 0 Å². The van der Waals surface area contributed by atoms with Gasteiger partial charge < -0.3 is 5.32 Å². The van der Waals surface area contributed by atoms with Gasteiger partial charge in [-0.1, -0.05) is 35.9 Å². The van der Waals surface area contributed by atoms with Crippen LogP contribution in [0.15, 0.2) is 53.0 Å². The minimum atomic E-state index is -3.58. The van der Waals surface area contributed by atoms with Gasteiger partial charge in [-0.3, -0.25) is 9.10 Å². The van der Waals surface area contributed by atoms with E-state index in [1.54, 1.807) is 36.0 Å². The molecule has 1 N–H and O–H groups in total. The highest BCUT2D eigenvalue weighted by Crippen LogP contribution is 2.27. The molecule has 2 aromatic carbocycles. The van der Waals surface area contributed by atoms with Crippen LogP contribution in [0.5, 0.6) is 0 Å². The molecule has 1 amide bonds. The average Bonchev–Trinajstić information content (AvgIpc) is 2.62. The molecule has 0 atom stereocenters. The molecule has 0 spiro atoms. The van der Waals surface area contributed by atoms with E-state index in [9.17, 15) is 13.2 Å². The summed E-state index contributed by atoms with van der Waals surface area (Å²) in [5.74, 6) is 1.41. The third-order valence-corrected chi connectivity index (χ3v) is 6.90. The zero-order chi connectivity index (χ0) is 20.6. The first-order valence-electron chi connectivity index (χ1n) is 8.58. The lowest BCUT2D eigenvalue weighted by Crippen LogP contribution is -2.40. The second kappa shape index (κ2) is 11.1. The van der Waals surface area contributed by atoms with E-state index in [0.717, 1.165) is 33.5 Å². The van der Waals surface area contributed by atoms with Crippen molar-refractivity contribution in [3.63, 3.8) is 0 Å². The number of carbonyl (C=O) groups is 1. The lowest BCUT2D eigenvalue weighted by molar-refractivity contribution is -0.119. The lowest BCUT2D eigenvalue weighted by atomic mass is 10.2. The minimum Gasteiger partial charge on any atom is -0.354 e. The molecule has 0 aliphatic heterocycles. The Labute approximate surface area is 184 Å². The molecule has 2 aromatic rings. The molecule has 0 bridgehead atoms. The molecule has 2 rings (SSSR count). The molecule has 0 saturated carbocycles. The van der Waals surface area contributed by atoms with Crippen molar-refractivity contribution in [2.45, 2.75) is 12.2 Å². The number of nitrogens with zero attached hydrogens (tertiary/aromatic N) is 1. The molecule has 0 unspecified atom stereocenters. The van der Waals surface area contributed by atoms with Gasteiger partial charge in [0.15, 0.2) is 0 Å². The number of hydrogen-bond donors (Lipinski definition) is 1. The predicted octanol–water partition coefficient (Wildman–Crippen LogP) is 4.31. The number of carbonyl (C=O) groups excluding carboxylic acids is 1. The largest absolute Gasteiger partial charge is 0.354 e. The van der Waals surface area contributed by atoms with Gasteiger partial charge in [0.05, 0.1) is 11.9 Å². The number of anilines is 1. The molecule has 0 fully saturated rings. The zero-order valence-electron chi connectivity index (χ0n) is 15.4. The van der Waals surface area contributed by atoms with E-state index in [1.807, 2.05) is 24.3 Å². The summed E-state index contributed by atoms with van der Waals surface area (Å²) in [4.78, 5) is 12.2. The van der Waals surface area contributed by atoms with Crippen molar-refractivity contribution in [3.05, 3.63) is 63.6 Å². The van der Waals surface area contributed by atoms with Gasteiger partial charge in [0, 0.05) is 21.8 Å². The van der Waals surface area contributed by atoms with Crippen molar-refractivity contribution in [2.75, 3.05) is 29.4 Å². The third-order valence-electron chi connectivity index (χ3n) is 3.75. The molecule has 9 heteroatoms.